The summed E-state index contributed by atoms with van der Waals surface area (Å²) in [5, 5.41) is 0.900. The number of rotatable bonds is 1. The fourth-order valence-corrected chi connectivity index (χ4v) is 1.52. The summed E-state index contributed by atoms with van der Waals surface area (Å²) in [6.07, 6.45) is 1.96. The van der Waals surface area contributed by atoms with Gasteiger partial charge in [0.2, 0.25) is 0 Å². The number of nitrogens with zero attached hydrogens (tertiary/aromatic N) is 2. The van der Waals surface area contributed by atoms with Crippen LogP contribution in [-0.4, -0.2) is 30.4 Å². The Hall–Kier alpha value is -1.03. The highest BCUT2D eigenvalue weighted by Gasteiger charge is 1.99. The van der Waals surface area contributed by atoms with Crippen LogP contribution in [0.3, 0.4) is 0 Å². The molecule has 0 bridgehead atoms. The molecule has 1 rings (SSSR count). The Kier molecular flexibility index (Phi) is 3.95. The van der Waals surface area contributed by atoms with Crippen molar-refractivity contribution in [1.29, 1.82) is 0 Å². The van der Waals surface area contributed by atoms with Crippen molar-refractivity contribution < 1.29 is 4.39 Å². The van der Waals surface area contributed by atoms with E-state index in [1.54, 1.807) is 23.9 Å². The zero-order valence-corrected chi connectivity index (χ0v) is 9.31. The summed E-state index contributed by atoms with van der Waals surface area (Å²) in [7, 11) is 3.86. The Bertz CT molecular complexity index is 319. The molecule has 76 valence electrons. The van der Waals surface area contributed by atoms with E-state index in [9.17, 15) is 4.39 Å². The van der Waals surface area contributed by atoms with E-state index in [-0.39, 0.29) is 5.82 Å². The smallest absolute Gasteiger partial charge is 0.163 e. The normalized spacial score (nSPS) is 11.6. The van der Waals surface area contributed by atoms with Gasteiger partial charge in [-0.25, -0.2) is 9.38 Å². The molecule has 2 nitrogen and oxygen atoms in total. The minimum atomic E-state index is -0.237. The van der Waals surface area contributed by atoms with E-state index in [1.165, 1.54) is 12.1 Å². The standard InChI is InChI=1S/C10H13FN2S/c1-13(2)10(14-3)12-9-6-4-8(11)5-7-9/h4-7H,1-3H3. The third-order valence-corrected chi connectivity index (χ3v) is 2.44. The maximum Gasteiger partial charge on any atom is 0.163 e. The van der Waals surface area contributed by atoms with Crippen molar-refractivity contribution in [3.63, 3.8) is 0 Å². The minimum Gasteiger partial charge on any atom is -0.357 e. The summed E-state index contributed by atoms with van der Waals surface area (Å²) in [5.41, 5.74) is 0.768. The lowest BCUT2D eigenvalue weighted by molar-refractivity contribution is 0.627. The van der Waals surface area contributed by atoms with Gasteiger partial charge in [0.05, 0.1) is 5.69 Å². The van der Waals surface area contributed by atoms with Gasteiger partial charge < -0.3 is 4.90 Å². The van der Waals surface area contributed by atoms with Crippen LogP contribution >= 0.6 is 11.8 Å². The predicted molar refractivity (Wildman–Crippen MR) is 60.7 cm³/mol. The first-order valence-corrected chi connectivity index (χ1v) is 5.41. The topological polar surface area (TPSA) is 15.6 Å². The lowest BCUT2D eigenvalue weighted by atomic mass is 10.3. The number of benzene rings is 1. The second kappa shape index (κ2) is 5.00. The molecule has 0 fully saturated rings. The van der Waals surface area contributed by atoms with E-state index in [4.69, 9.17) is 0 Å². The molecule has 0 atom stereocenters. The van der Waals surface area contributed by atoms with Crippen molar-refractivity contribution in [3.05, 3.63) is 30.1 Å². The van der Waals surface area contributed by atoms with Crippen LogP contribution in [0.5, 0.6) is 0 Å². The Morgan fingerprint density at radius 2 is 1.86 bits per heavy atom. The fourth-order valence-electron chi connectivity index (χ4n) is 0.954. The number of aliphatic imine (C=N–C) groups is 1. The SMILES string of the molecule is CSC(=Nc1ccc(F)cc1)N(C)C. The Balaban J connectivity index is 2.89. The van der Waals surface area contributed by atoms with E-state index in [0.29, 0.717) is 0 Å². The first-order chi connectivity index (χ1) is 6.63. The maximum atomic E-state index is 12.6. The largest absolute Gasteiger partial charge is 0.357 e. The van der Waals surface area contributed by atoms with Crippen LogP contribution in [0.25, 0.3) is 0 Å². The molecule has 0 N–H and O–H groups in total. The molecule has 0 radical (unpaired) electrons. The lowest BCUT2D eigenvalue weighted by Crippen LogP contribution is -2.17. The van der Waals surface area contributed by atoms with Crippen LogP contribution < -0.4 is 0 Å². The molecule has 0 heterocycles. The van der Waals surface area contributed by atoms with Gasteiger partial charge in [-0.1, -0.05) is 11.8 Å². The van der Waals surface area contributed by atoms with Crippen molar-refractivity contribution in [1.82, 2.24) is 4.90 Å². The first kappa shape index (κ1) is 11.0. The number of hydrogen-bond donors (Lipinski definition) is 0. The van der Waals surface area contributed by atoms with Gasteiger partial charge in [0.15, 0.2) is 5.17 Å². The van der Waals surface area contributed by atoms with Crippen LogP contribution in [0.1, 0.15) is 0 Å². The maximum absolute atomic E-state index is 12.6. The van der Waals surface area contributed by atoms with Crippen LogP contribution in [0.4, 0.5) is 10.1 Å². The van der Waals surface area contributed by atoms with Crippen molar-refractivity contribution in [3.8, 4) is 0 Å². The van der Waals surface area contributed by atoms with Crippen molar-refractivity contribution in [2.24, 2.45) is 4.99 Å². The molecule has 0 amide bonds. The highest BCUT2D eigenvalue weighted by molar-refractivity contribution is 8.13. The first-order valence-electron chi connectivity index (χ1n) is 4.19. The molecule has 0 spiro atoms. The molecule has 14 heavy (non-hydrogen) atoms. The van der Waals surface area contributed by atoms with E-state index < -0.39 is 0 Å². The van der Waals surface area contributed by atoms with Gasteiger partial charge in [-0.15, -0.1) is 0 Å². The summed E-state index contributed by atoms with van der Waals surface area (Å²) in [6, 6.07) is 6.14. The molecule has 0 aromatic heterocycles. The molecule has 1 aromatic carbocycles. The molecule has 0 unspecified atom stereocenters. The minimum absolute atomic E-state index is 0.237. The zero-order chi connectivity index (χ0) is 10.6. The van der Waals surface area contributed by atoms with Crippen molar-refractivity contribution in [2.75, 3.05) is 20.4 Å². The number of hydrogen-bond acceptors (Lipinski definition) is 2. The predicted octanol–water partition coefficient (Wildman–Crippen LogP) is 2.74. The van der Waals surface area contributed by atoms with E-state index in [1.807, 2.05) is 25.3 Å². The molecular weight excluding hydrogens is 199 g/mol. The zero-order valence-electron chi connectivity index (χ0n) is 8.49. The highest BCUT2D eigenvalue weighted by atomic mass is 32.2. The number of halogens is 1. The molecule has 1 aromatic rings. The molecule has 0 saturated carbocycles. The van der Waals surface area contributed by atoms with Crippen LogP contribution in [-0.2, 0) is 0 Å². The van der Waals surface area contributed by atoms with Gasteiger partial charge in [-0.2, -0.15) is 0 Å². The summed E-state index contributed by atoms with van der Waals surface area (Å²) in [4.78, 5) is 6.28. The molecular formula is C10H13FN2S. The van der Waals surface area contributed by atoms with Gasteiger partial charge in [0, 0.05) is 14.1 Å². The second-order valence-electron chi connectivity index (χ2n) is 2.97. The van der Waals surface area contributed by atoms with Gasteiger partial charge >= 0.3 is 0 Å². The number of amidine groups is 1. The van der Waals surface area contributed by atoms with Crippen LogP contribution in [0, 0.1) is 5.82 Å². The van der Waals surface area contributed by atoms with Crippen LogP contribution in [0.15, 0.2) is 29.3 Å². The van der Waals surface area contributed by atoms with Gasteiger partial charge in [-0.05, 0) is 30.5 Å². The Labute approximate surface area is 87.8 Å². The summed E-state index contributed by atoms with van der Waals surface area (Å²) in [5.74, 6) is -0.237. The van der Waals surface area contributed by atoms with Gasteiger partial charge in [0.1, 0.15) is 5.82 Å². The Morgan fingerprint density at radius 3 is 2.29 bits per heavy atom. The van der Waals surface area contributed by atoms with Gasteiger partial charge in [-0.3, -0.25) is 0 Å². The average Bonchev–Trinajstić information content (AvgIpc) is 2.16. The van der Waals surface area contributed by atoms with E-state index in [0.717, 1.165) is 10.9 Å². The summed E-state index contributed by atoms with van der Waals surface area (Å²) in [6.45, 7) is 0. The quantitative estimate of drug-likeness (QED) is 0.525. The molecule has 0 aliphatic heterocycles. The van der Waals surface area contributed by atoms with Crippen molar-refractivity contribution in [2.45, 2.75) is 0 Å². The molecule has 4 heteroatoms. The third kappa shape index (κ3) is 3.03. The van der Waals surface area contributed by atoms with Gasteiger partial charge in [0.25, 0.3) is 0 Å². The monoisotopic (exact) mass is 212 g/mol. The molecule has 0 aliphatic carbocycles. The number of thioether (sulfide) groups is 1. The van der Waals surface area contributed by atoms with Crippen molar-refractivity contribution >= 4 is 22.6 Å². The van der Waals surface area contributed by atoms with E-state index >= 15 is 0 Å². The third-order valence-electron chi connectivity index (χ3n) is 1.62. The molecule has 0 saturated heterocycles. The Morgan fingerprint density at radius 1 is 1.29 bits per heavy atom. The summed E-state index contributed by atoms with van der Waals surface area (Å²) >= 11 is 1.56. The second-order valence-corrected chi connectivity index (χ2v) is 3.74. The molecule has 0 aliphatic rings. The fraction of sp³-hybridized carbons (Fsp3) is 0.300. The average molecular weight is 212 g/mol. The summed E-state index contributed by atoms with van der Waals surface area (Å²) < 4.78 is 12.6. The highest BCUT2D eigenvalue weighted by Crippen LogP contribution is 2.15. The van der Waals surface area contributed by atoms with Crippen LogP contribution in [0.2, 0.25) is 0 Å². The lowest BCUT2D eigenvalue weighted by Gasteiger charge is -2.12. The van der Waals surface area contributed by atoms with E-state index in [2.05, 4.69) is 4.99 Å².